The highest BCUT2D eigenvalue weighted by molar-refractivity contribution is 6.00. The van der Waals surface area contributed by atoms with Gasteiger partial charge in [-0.05, 0) is 12.1 Å². The third-order valence-corrected chi connectivity index (χ3v) is 3.93. The van der Waals surface area contributed by atoms with Gasteiger partial charge in [0.25, 0.3) is 17.6 Å². The van der Waals surface area contributed by atoms with E-state index in [1.165, 1.54) is 12.1 Å². The topological polar surface area (TPSA) is 105 Å². The molecule has 0 aliphatic rings. The molecule has 1 amide bonds. The number of aliphatic hydroxyl groups is 1. The Morgan fingerprint density at radius 2 is 1.69 bits per heavy atom. The summed E-state index contributed by atoms with van der Waals surface area (Å²) in [5, 5.41) is 15.8. The van der Waals surface area contributed by atoms with Gasteiger partial charge in [-0.15, -0.1) is 0 Å². The van der Waals surface area contributed by atoms with Gasteiger partial charge in [0.2, 0.25) is 5.82 Å². The van der Waals surface area contributed by atoms with E-state index >= 15 is 0 Å². The maximum Gasteiger partial charge on any atom is 0.454 e. The van der Waals surface area contributed by atoms with Gasteiger partial charge >= 0.3 is 6.18 Å². The van der Waals surface area contributed by atoms with Crippen LogP contribution in [-0.4, -0.2) is 39.7 Å². The van der Waals surface area contributed by atoms with Gasteiger partial charge in [-0.25, -0.2) is 0 Å². The standard InChI is InChI=1S/C19H14F3N3O4/c20-19(21,22)15(27)11-6-8-12(9-7-11)16-24-18(29-25-16)14(10-26)23-17(28)13-4-2-1-3-5-13/h1-9,14,26H,10H2,(H,23,28)/t14-/m0/s1. The van der Waals surface area contributed by atoms with Gasteiger partial charge in [0.05, 0.1) is 6.61 Å². The van der Waals surface area contributed by atoms with Crippen molar-refractivity contribution in [1.82, 2.24) is 15.5 Å². The van der Waals surface area contributed by atoms with Gasteiger partial charge in [-0.1, -0.05) is 47.6 Å². The molecule has 7 nitrogen and oxygen atoms in total. The first-order valence-electron chi connectivity index (χ1n) is 8.32. The predicted molar refractivity (Wildman–Crippen MR) is 93.9 cm³/mol. The van der Waals surface area contributed by atoms with Gasteiger partial charge in [0, 0.05) is 16.7 Å². The summed E-state index contributed by atoms with van der Waals surface area (Å²) < 4.78 is 42.5. The SMILES string of the molecule is O=C(N[C@@H](CO)c1nc(-c2ccc(C(=O)C(F)(F)F)cc2)no1)c1ccccc1. The molecule has 3 aromatic rings. The van der Waals surface area contributed by atoms with Crippen molar-refractivity contribution in [2.24, 2.45) is 0 Å². The number of aliphatic hydroxyl groups excluding tert-OH is 1. The summed E-state index contributed by atoms with van der Waals surface area (Å²) in [4.78, 5) is 27.5. The van der Waals surface area contributed by atoms with E-state index < -0.39 is 36.1 Å². The second-order valence-electron chi connectivity index (χ2n) is 5.94. The maximum atomic E-state index is 12.5. The second kappa shape index (κ2) is 8.23. The molecule has 0 radical (unpaired) electrons. The Hall–Kier alpha value is -3.53. The highest BCUT2D eigenvalue weighted by atomic mass is 19.4. The Bertz CT molecular complexity index is 1000. The van der Waals surface area contributed by atoms with E-state index in [2.05, 4.69) is 15.5 Å². The first-order chi connectivity index (χ1) is 13.8. The van der Waals surface area contributed by atoms with E-state index in [1.807, 2.05) is 0 Å². The molecule has 2 N–H and O–H groups in total. The van der Waals surface area contributed by atoms with Crippen LogP contribution in [0, 0.1) is 0 Å². The molecule has 0 aliphatic heterocycles. The molecule has 0 fully saturated rings. The number of carbonyl (C=O) groups excluding carboxylic acids is 2. The molecule has 150 valence electrons. The molecule has 0 bridgehead atoms. The van der Waals surface area contributed by atoms with Crippen molar-refractivity contribution in [3.05, 3.63) is 71.6 Å². The first-order valence-corrected chi connectivity index (χ1v) is 8.32. The lowest BCUT2D eigenvalue weighted by Crippen LogP contribution is -2.31. The number of alkyl halides is 3. The highest BCUT2D eigenvalue weighted by Crippen LogP contribution is 2.24. The fraction of sp³-hybridized carbons (Fsp3) is 0.158. The van der Waals surface area contributed by atoms with Crippen molar-refractivity contribution in [2.45, 2.75) is 12.2 Å². The predicted octanol–water partition coefficient (Wildman–Crippen LogP) is 2.95. The average molecular weight is 405 g/mol. The molecule has 1 heterocycles. The summed E-state index contributed by atoms with van der Waals surface area (Å²) in [5.41, 5.74) is 0.147. The molecule has 10 heteroatoms. The van der Waals surface area contributed by atoms with Gasteiger partial charge in [-0.2, -0.15) is 18.2 Å². The largest absolute Gasteiger partial charge is 0.454 e. The lowest BCUT2D eigenvalue weighted by atomic mass is 10.1. The zero-order chi connectivity index (χ0) is 21.0. The fourth-order valence-electron chi connectivity index (χ4n) is 2.44. The quantitative estimate of drug-likeness (QED) is 0.611. The number of hydrogen-bond donors (Lipinski definition) is 2. The van der Waals surface area contributed by atoms with Crippen LogP contribution < -0.4 is 5.32 Å². The minimum Gasteiger partial charge on any atom is -0.394 e. The zero-order valence-corrected chi connectivity index (χ0v) is 14.7. The lowest BCUT2D eigenvalue weighted by molar-refractivity contribution is -0.0885. The number of aromatic nitrogens is 2. The number of hydrogen-bond acceptors (Lipinski definition) is 6. The van der Waals surface area contributed by atoms with E-state index in [0.717, 1.165) is 12.1 Å². The number of nitrogens with zero attached hydrogens (tertiary/aromatic N) is 2. The zero-order valence-electron chi connectivity index (χ0n) is 14.7. The van der Waals surface area contributed by atoms with Crippen LogP contribution in [0.15, 0.2) is 59.1 Å². The van der Waals surface area contributed by atoms with E-state index in [4.69, 9.17) is 4.52 Å². The van der Waals surface area contributed by atoms with Crippen molar-refractivity contribution >= 4 is 11.7 Å². The van der Waals surface area contributed by atoms with Crippen LogP contribution in [0.1, 0.15) is 32.6 Å². The summed E-state index contributed by atoms with van der Waals surface area (Å²) in [6, 6.07) is 11.8. The van der Waals surface area contributed by atoms with Crippen LogP contribution in [0.3, 0.4) is 0 Å². The number of amides is 1. The van der Waals surface area contributed by atoms with Crippen LogP contribution in [-0.2, 0) is 0 Å². The van der Waals surface area contributed by atoms with Crippen molar-refractivity contribution in [3.63, 3.8) is 0 Å². The lowest BCUT2D eigenvalue weighted by Gasteiger charge is -2.11. The third kappa shape index (κ3) is 4.66. The average Bonchev–Trinajstić information content (AvgIpc) is 3.21. The fourth-order valence-corrected chi connectivity index (χ4v) is 2.44. The van der Waals surface area contributed by atoms with Gasteiger partial charge in [0.15, 0.2) is 0 Å². The molecule has 1 atom stereocenters. The van der Waals surface area contributed by atoms with Crippen LogP contribution in [0.2, 0.25) is 0 Å². The molecule has 2 aromatic carbocycles. The number of halogens is 3. The highest BCUT2D eigenvalue weighted by Gasteiger charge is 2.39. The molecule has 0 unspecified atom stereocenters. The summed E-state index contributed by atoms with van der Waals surface area (Å²) in [7, 11) is 0. The monoisotopic (exact) mass is 405 g/mol. The number of Topliss-reactive ketones (excluding diaryl/α,β-unsaturated/α-hetero) is 1. The third-order valence-electron chi connectivity index (χ3n) is 3.93. The molecular formula is C19H14F3N3O4. The van der Waals surface area contributed by atoms with Crippen molar-refractivity contribution in [2.75, 3.05) is 6.61 Å². The summed E-state index contributed by atoms with van der Waals surface area (Å²) in [5.74, 6) is -2.47. The minimum absolute atomic E-state index is 0.0263. The van der Waals surface area contributed by atoms with E-state index in [9.17, 15) is 27.9 Å². The molecule has 0 spiro atoms. The molecule has 0 saturated carbocycles. The number of rotatable bonds is 6. The van der Waals surface area contributed by atoms with Crippen LogP contribution in [0.5, 0.6) is 0 Å². The molecule has 0 aliphatic carbocycles. The van der Waals surface area contributed by atoms with Crippen LogP contribution >= 0.6 is 0 Å². The van der Waals surface area contributed by atoms with Crippen molar-refractivity contribution in [3.8, 4) is 11.4 Å². The number of carbonyl (C=O) groups is 2. The van der Waals surface area contributed by atoms with Gasteiger partial charge < -0.3 is 14.9 Å². The summed E-state index contributed by atoms with van der Waals surface area (Å²) in [6.45, 7) is -0.515. The smallest absolute Gasteiger partial charge is 0.394 e. The second-order valence-corrected chi connectivity index (χ2v) is 5.94. The van der Waals surface area contributed by atoms with E-state index in [0.29, 0.717) is 11.1 Å². The Morgan fingerprint density at radius 1 is 1.03 bits per heavy atom. The Balaban J connectivity index is 1.75. The molecule has 3 rings (SSSR count). The summed E-state index contributed by atoms with van der Waals surface area (Å²) >= 11 is 0. The van der Waals surface area contributed by atoms with Gasteiger partial charge in [-0.3, -0.25) is 9.59 Å². The number of ketones is 1. The van der Waals surface area contributed by atoms with E-state index in [1.54, 1.807) is 30.3 Å². The normalized spacial score (nSPS) is 12.4. The Kier molecular flexibility index (Phi) is 5.74. The Morgan fingerprint density at radius 3 is 2.28 bits per heavy atom. The molecular weight excluding hydrogens is 391 g/mol. The molecule has 0 saturated heterocycles. The van der Waals surface area contributed by atoms with Gasteiger partial charge in [0.1, 0.15) is 6.04 Å². The number of nitrogens with one attached hydrogen (secondary N) is 1. The molecule has 29 heavy (non-hydrogen) atoms. The Labute approximate surface area is 162 Å². The van der Waals surface area contributed by atoms with Crippen molar-refractivity contribution < 1.29 is 32.4 Å². The minimum atomic E-state index is -4.97. The molecule has 1 aromatic heterocycles. The summed E-state index contributed by atoms with van der Waals surface area (Å²) in [6.07, 6.45) is -4.97. The number of benzene rings is 2. The van der Waals surface area contributed by atoms with Crippen LogP contribution in [0.25, 0.3) is 11.4 Å². The first kappa shape index (κ1) is 20.2. The van der Waals surface area contributed by atoms with Crippen LogP contribution in [0.4, 0.5) is 13.2 Å². The van der Waals surface area contributed by atoms with E-state index in [-0.39, 0.29) is 11.7 Å². The van der Waals surface area contributed by atoms with Crippen molar-refractivity contribution in [1.29, 1.82) is 0 Å². The maximum absolute atomic E-state index is 12.5.